The summed E-state index contributed by atoms with van der Waals surface area (Å²) in [7, 11) is 1.92. The number of aromatic nitrogens is 1. The van der Waals surface area contributed by atoms with Crippen molar-refractivity contribution in [3.63, 3.8) is 0 Å². The fraction of sp³-hybridized carbons (Fsp3) is 0.520. The SMILES string of the molecule is Cn1cccc1C(=O)N1CCC(Cc2ccc(CCC(=O)NCC3CC3)cc2)CC1. The molecular weight excluding hydrogens is 374 g/mol. The first kappa shape index (κ1) is 20.7. The van der Waals surface area contributed by atoms with Crippen molar-refractivity contribution in [1.82, 2.24) is 14.8 Å². The second-order valence-electron chi connectivity index (χ2n) is 9.01. The highest BCUT2D eigenvalue weighted by atomic mass is 16.2. The summed E-state index contributed by atoms with van der Waals surface area (Å²) in [5.74, 6) is 1.67. The van der Waals surface area contributed by atoms with Crippen molar-refractivity contribution in [3.8, 4) is 0 Å². The van der Waals surface area contributed by atoms with Crippen molar-refractivity contribution < 1.29 is 9.59 Å². The minimum Gasteiger partial charge on any atom is -0.356 e. The van der Waals surface area contributed by atoms with Gasteiger partial charge >= 0.3 is 0 Å². The number of carbonyl (C=O) groups excluding carboxylic acids is 2. The normalized spacial score (nSPS) is 17.2. The molecule has 1 aromatic carbocycles. The van der Waals surface area contributed by atoms with Crippen LogP contribution in [0.25, 0.3) is 0 Å². The minimum absolute atomic E-state index is 0.145. The average Bonchev–Trinajstić information content (AvgIpc) is 3.50. The Morgan fingerprint density at radius 3 is 2.30 bits per heavy atom. The lowest BCUT2D eigenvalue weighted by molar-refractivity contribution is -0.121. The van der Waals surface area contributed by atoms with E-state index in [-0.39, 0.29) is 11.8 Å². The molecule has 0 bridgehead atoms. The third-order valence-corrected chi connectivity index (χ3v) is 6.54. The third-order valence-electron chi connectivity index (χ3n) is 6.54. The topological polar surface area (TPSA) is 54.3 Å². The minimum atomic E-state index is 0.145. The molecule has 30 heavy (non-hydrogen) atoms. The fourth-order valence-electron chi connectivity index (χ4n) is 4.29. The van der Waals surface area contributed by atoms with Crippen LogP contribution in [-0.2, 0) is 24.7 Å². The quantitative estimate of drug-likeness (QED) is 0.727. The Bertz CT molecular complexity index is 859. The Balaban J connectivity index is 1.19. The molecule has 2 aliphatic rings. The second kappa shape index (κ2) is 9.50. The largest absolute Gasteiger partial charge is 0.356 e. The van der Waals surface area contributed by atoms with Gasteiger partial charge in [-0.3, -0.25) is 9.59 Å². The number of rotatable bonds is 8. The molecule has 5 nitrogen and oxygen atoms in total. The average molecular weight is 408 g/mol. The van der Waals surface area contributed by atoms with Gasteiger partial charge in [0.2, 0.25) is 5.91 Å². The number of nitrogens with one attached hydrogen (secondary N) is 1. The Kier molecular flexibility index (Phi) is 6.56. The Hall–Kier alpha value is -2.56. The number of nitrogens with zero attached hydrogens (tertiary/aromatic N) is 2. The molecule has 160 valence electrons. The zero-order valence-corrected chi connectivity index (χ0v) is 18.0. The van der Waals surface area contributed by atoms with Gasteiger partial charge in [-0.25, -0.2) is 0 Å². The molecular formula is C25H33N3O2. The Labute approximate surface area is 179 Å². The molecule has 0 atom stereocenters. The van der Waals surface area contributed by atoms with Gasteiger partial charge in [0.1, 0.15) is 5.69 Å². The van der Waals surface area contributed by atoms with E-state index in [1.165, 1.54) is 24.0 Å². The van der Waals surface area contributed by atoms with E-state index in [4.69, 9.17) is 0 Å². The van der Waals surface area contributed by atoms with Gasteiger partial charge in [-0.05, 0) is 73.6 Å². The number of benzene rings is 1. The highest BCUT2D eigenvalue weighted by Crippen LogP contribution is 2.27. The lowest BCUT2D eigenvalue weighted by Gasteiger charge is -2.32. The summed E-state index contributed by atoms with van der Waals surface area (Å²) in [5.41, 5.74) is 3.35. The molecule has 1 N–H and O–H groups in total. The molecule has 1 aromatic heterocycles. The van der Waals surface area contributed by atoms with Crippen molar-refractivity contribution in [2.24, 2.45) is 18.9 Å². The van der Waals surface area contributed by atoms with Crippen LogP contribution in [0.3, 0.4) is 0 Å². The van der Waals surface area contributed by atoms with Gasteiger partial charge < -0.3 is 14.8 Å². The van der Waals surface area contributed by atoms with Gasteiger partial charge in [-0.2, -0.15) is 0 Å². The molecule has 4 rings (SSSR count). The smallest absolute Gasteiger partial charge is 0.270 e. The predicted molar refractivity (Wildman–Crippen MR) is 118 cm³/mol. The standard InChI is InChI=1S/C25H33N3O2/c1-27-14-2-3-23(27)25(30)28-15-12-21(13-16-28)17-20-6-4-19(5-7-20)10-11-24(29)26-18-22-8-9-22/h2-7,14,21-22H,8-13,15-18H2,1H3,(H,26,29). The zero-order chi connectivity index (χ0) is 20.9. The molecule has 2 amide bonds. The molecule has 0 unspecified atom stereocenters. The summed E-state index contributed by atoms with van der Waals surface area (Å²) in [6.45, 7) is 2.53. The predicted octanol–water partition coefficient (Wildman–Crippen LogP) is 3.58. The zero-order valence-electron chi connectivity index (χ0n) is 18.0. The maximum Gasteiger partial charge on any atom is 0.270 e. The molecule has 2 heterocycles. The Morgan fingerprint density at radius 1 is 0.967 bits per heavy atom. The molecule has 5 heteroatoms. The number of piperidine rings is 1. The fourth-order valence-corrected chi connectivity index (χ4v) is 4.29. The van der Waals surface area contributed by atoms with Crippen molar-refractivity contribution in [1.29, 1.82) is 0 Å². The van der Waals surface area contributed by atoms with Crippen LogP contribution >= 0.6 is 0 Å². The van der Waals surface area contributed by atoms with Crippen LogP contribution in [0.2, 0.25) is 0 Å². The van der Waals surface area contributed by atoms with Crippen molar-refractivity contribution in [3.05, 3.63) is 59.4 Å². The van der Waals surface area contributed by atoms with Crippen LogP contribution in [0, 0.1) is 11.8 Å². The monoisotopic (exact) mass is 407 g/mol. The van der Waals surface area contributed by atoms with E-state index in [1.807, 2.05) is 34.8 Å². The Morgan fingerprint density at radius 2 is 1.67 bits per heavy atom. The van der Waals surface area contributed by atoms with E-state index in [1.54, 1.807) is 0 Å². The van der Waals surface area contributed by atoms with Gasteiger partial charge in [0.25, 0.3) is 5.91 Å². The third kappa shape index (κ3) is 5.53. The summed E-state index contributed by atoms with van der Waals surface area (Å²) < 4.78 is 1.90. The van der Waals surface area contributed by atoms with Gasteiger partial charge in [-0.1, -0.05) is 24.3 Å². The van der Waals surface area contributed by atoms with Crippen LogP contribution in [0.1, 0.15) is 53.7 Å². The first-order valence-electron chi connectivity index (χ1n) is 11.3. The maximum atomic E-state index is 12.6. The van der Waals surface area contributed by atoms with Gasteiger partial charge in [0.05, 0.1) is 0 Å². The van der Waals surface area contributed by atoms with Crippen molar-refractivity contribution >= 4 is 11.8 Å². The summed E-state index contributed by atoms with van der Waals surface area (Å²) in [6.07, 6.45) is 9.00. The molecule has 1 aliphatic heterocycles. The highest BCUT2D eigenvalue weighted by Gasteiger charge is 2.25. The van der Waals surface area contributed by atoms with Gasteiger partial charge in [0, 0.05) is 39.3 Å². The van der Waals surface area contributed by atoms with Crippen LogP contribution in [0.15, 0.2) is 42.6 Å². The summed E-state index contributed by atoms with van der Waals surface area (Å²) in [5, 5.41) is 3.04. The summed E-state index contributed by atoms with van der Waals surface area (Å²) in [4.78, 5) is 26.5. The lowest BCUT2D eigenvalue weighted by atomic mass is 9.89. The highest BCUT2D eigenvalue weighted by molar-refractivity contribution is 5.92. The van der Waals surface area contributed by atoms with E-state index < -0.39 is 0 Å². The summed E-state index contributed by atoms with van der Waals surface area (Å²) >= 11 is 0. The van der Waals surface area contributed by atoms with E-state index in [9.17, 15) is 9.59 Å². The van der Waals surface area contributed by atoms with E-state index in [0.29, 0.717) is 12.3 Å². The molecule has 0 radical (unpaired) electrons. The van der Waals surface area contributed by atoms with E-state index >= 15 is 0 Å². The van der Waals surface area contributed by atoms with E-state index in [2.05, 4.69) is 29.6 Å². The van der Waals surface area contributed by atoms with Crippen LogP contribution in [-0.4, -0.2) is 40.9 Å². The summed E-state index contributed by atoms with van der Waals surface area (Å²) in [6, 6.07) is 12.6. The molecule has 1 saturated heterocycles. The van der Waals surface area contributed by atoms with Crippen molar-refractivity contribution in [2.45, 2.75) is 44.9 Å². The van der Waals surface area contributed by atoms with Gasteiger partial charge in [-0.15, -0.1) is 0 Å². The number of hydrogen-bond donors (Lipinski definition) is 1. The number of aryl methyl sites for hydroxylation is 2. The molecule has 1 saturated carbocycles. The first-order valence-corrected chi connectivity index (χ1v) is 11.3. The molecule has 1 aliphatic carbocycles. The molecule has 0 spiro atoms. The number of hydrogen-bond acceptors (Lipinski definition) is 2. The number of amides is 2. The van der Waals surface area contributed by atoms with Crippen molar-refractivity contribution in [2.75, 3.05) is 19.6 Å². The second-order valence-corrected chi connectivity index (χ2v) is 9.01. The molecule has 2 fully saturated rings. The number of likely N-dealkylation sites (tertiary alicyclic amines) is 1. The van der Waals surface area contributed by atoms with Gasteiger partial charge in [0.15, 0.2) is 0 Å². The number of carbonyl (C=O) groups is 2. The first-order chi connectivity index (χ1) is 14.6. The maximum absolute atomic E-state index is 12.6. The molecule has 2 aromatic rings. The van der Waals surface area contributed by atoms with Crippen LogP contribution < -0.4 is 5.32 Å². The van der Waals surface area contributed by atoms with Crippen LogP contribution in [0.4, 0.5) is 0 Å². The van der Waals surface area contributed by atoms with Crippen LogP contribution in [0.5, 0.6) is 0 Å². The lowest BCUT2D eigenvalue weighted by Crippen LogP contribution is -2.39. The van der Waals surface area contributed by atoms with E-state index in [0.717, 1.165) is 56.9 Å².